The Morgan fingerprint density at radius 2 is 1.40 bits per heavy atom. The number of allylic oxidation sites excluding steroid dienone is 3. The van der Waals surface area contributed by atoms with E-state index in [0.29, 0.717) is 50.7 Å². The molecule has 2 saturated heterocycles. The summed E-state index contributed by atoms with van der Waals surface area (Å²) in [5, 5.41) is 3.55. The number of carbonyl (C=O) groups is 4. The lowest BCUT2D eigenvalue weighted by Crippen LogP contribution is -2.53. The molecule has 2 aromatic rings. The summed E-state index contributed by atoms with van der Waals surface area (Å²) in [6.07, 6.45) is 14.6. The number of nitrogens with one attached hydrogen (secondary N) is 1. The van der Waals surface area contributed by atoms with Crippen molar-refractivity contribution in [2.45, 2.75) is 123 Å². The van der Waals surface area contributed by atoms with Crippen LogP contribution in [-0.4, -0.2) is 108 Å². The Balaban J connectivity index is 0.00000148. The van der Waals surface area contributed by atoms with Gasteiger partial charge in [0.25, 0.3) is 0 Å². The van der Waals surface area contributed by atoms with Crippen LogP contribution in [0.15, 0.2) is 85.5 Å². The van der Waals surface area contributed by atoms with Gasteiger partial charge in [-0.1, -0.05) is 99.2 Å². The quantitative estimate of drug-likeness (QED) is 0.120. The fourth-order valence-electron chi connectivity index (χ4n) is 7.25. The lowest BCUT2D eigenvalue weighted by atomic mass is 9.89. The zero-order valence-corrected chi connectivity index (χ0v) is 37.2. The van der Waals surface area contributed by atoms with E-state index in [4.69, 9.17) is 4.18 Å². The molecule has 0 aromatic heterocycles. The number of unbranched alkanes of at least 4 members (excludes halogenated alkanes) is 2. The summed E-state index contributed by atoms with van der Waals surface area (Å²) in [7, 11) is 0.695. The van der Waals surface area contributed by atoms with E-state index in [9.17, 15) is 19.2 Å². The van der Waals surface area contributed by atoms with Gasteiger partial charge in [-0.25, -0.2) is 0 Å². The van der Waals surface area contributed by atoms with Crippen molar-refractivity contribution in [2.24, 2.45) is 0 Å². The van der Waals surface area contributed by atoms with Gasteiger partial charge in [0.1, 0.15) is 12.1 Å². The van der Waals surface area contributed by atoms with Crippen LogP contribution in [-0.2, 0) is 23.4 Å². The molecule has 57 heavy (non-hydrogen) atoms. The molecule has 2 fully saturated rings. The Morgan fingerprint density at radius 3 is 1.93 bits per heavy atom. The van der Waals surface area contributed by atoms with Gasteiger partial charge in [0, 0.05) is 50.7 Å². The first-order valence-corrected chi connectivity index (χ1v) is 23.4. The van der Waals surface area contributed by atoms with Gasteiger partial charge < -0.3 is 24.2 Å². The molecule has 2 aliphatic heterocycles. The molecule has 4 amide bonds. The van der Waals surface area contributed by atoms with Gasteiger partial charge in [0.15, 0.2) is 0 Å². The van der Waals surface area contributed by atoms with Gasteiger partial charge in [-0.2, -0.15) is 0 Å². The van der Waals surface area contributed by atoms with Crippen LogP contribution in [0.1, 0.15) is 116 Å². The van der Waals surface area contributed by atoms with E-state index in [-0.39, 0.29) is 23.6 Å². The molecule has 4 rings (SSSR count). The molecule has 9 nitrogen and oxygen atoms in total. The van der Waals surface area contributed by atoms with Gasteiger partial charge in [-0.3, -0.25) is 19.2 Å². The average molecular weight is 807 g/mol. The summed E-state index contributed by atoms with van der Waals surface area (Å²) in [6.45, 7) is 18.7. The molecule has 0 radical (unpaired) electrons. The van der Waals surface area contributed by atoms with Crippen molar-refractivity contribution in [3.63, 3.8) is 0 Å². The lowest BCUT2D eigenvalue weighted by Gasteiger charge is -2.39. The van der Waals surface area contributed by atoms with Crippen LogP contribution in [0.3, 0.4) is 0 Å². The lowest BCUT2D eigenvalue weighted by molar-refractivity contribution is -0.148. The third-order valence-corrected chi connectivity index (χ3v) is 14.6. The third-order valence-electron chi connectivity index (χ3n) is 10.7. The number of carbonyl (C=O) groups excluding carboxylic acids is 4. The first kappa shape index (κ1) is 49.3. The summed E-state index contributed by atoms with van der Waals surface area (Å²) < 4.78 is 6.06. The second kappa shape index (κ2) is 26.9. The molecule has 0 saturated carbocycles. The number of hydrogen-bond donors (Lipinski definition) is 1. The molecule has 3 unspecified atom stereocenters. The highest BCUT2D eigenvalue weighted by Gasteiger charge is 2.44. The Labute approximate surface area is 347 Å². The molecule has 1 N–H and O–H groups in total. The van der Waals surface area contributed by atoms with Crippen LogP contribution in [0.2, 0.25) is 0 Å². The highest BCUT2D eigenvalue weighted by molar-refractivity contribution is 8.29. The van der Waals surface area contributed by atoms with Crippen molar-refractivity contribution in [1.82, 2.24) is 20.0 Å². The van der Waals surface area contributed by atoms with Crippen LogP contribution < -0.4 is 5.32 Å². The van der Waals surface area contributed by atoms with Crippen molar-refractivity contribution in [3.05, 3.63) is 96.6 Å². The van der Waals surface area contributed by atoms with Gasteiger partial charge >= 0.3 is 0 Å². The van der Waals surface area contributed by atoms with Crippen molar-refractivity contribution in [2.75, 3.05) is 51.8 Å². The fraction of sp³-hybridized carbons (Fsp3) is 0.574. The molecular weight excluding hydrogens is 733 g/mol. The van der Waals surface area contributed by atoms with E-state index in [0.717, 1.165) is 62.0 Å². The molecule has 2 aliphatic rings. The zero-order chi connectivity index (χ0) is 42.2. The predicted octanol–water partition coefficient (Wildman–Crippen LogP) is 8.89. The predicted molar refractivity (Wildman–Crippen MR) is 239 cm³/mol. The molecule has 10 heteroatoms. The molecule has 0 spiro atoms. The van der Waals surface area contributed by atoms with Crippen molar-refractivity contribution in [3.8, 4) is 0 Å². The number of rotatable bonds is 18. The smallest absolute Gasteiger partial charge is 0.246 e. The SMILES string of the molecule is C/C=C\C.C=CC.CCOS(C)(CCCNC(=O)CCCCCN(C)C(=O)C1CCCN1C(=O)C1CCCN1C(=O)C(c1ccccc1)c1ccccc1)C(C)C. The monoisotopic (exact) mass is 807 g/mol. The van der Waals surface area contributed by atoms with Gasteiger partial charge in [-0.15, -0.1) is 16.9 Å². The second-order valence-corrected chi connectivity index (χ2v) is 18.9. The Bertz CT molecular complexity index is 1480. The highest BCUT2D eigenvalue weighted by atomic mass is 32.3. The molecule has 0 bridgehead atoms. The number of nitrogens with zero attached hydrogens (tertiary/aromatic N) is 3. The molecule has 0 aliphatic carbocycles. The Morgan fingerprint density at radius 1 is 0.860 bits per heavy atom. The number of benzene rings is 2. The van der Waals surface area contributed by atoms with E-state index in [1.807, 2.05) is 101 Å². The molecule has 2 aromatic carbocycles. The minimum absolute atomic E-state index is 0.0431. The van der Waals surface area contributed by atoms with E-state index < -0.39 is 28.3 Å². The van der Waals surface area contributed by atoms with E-state index in [1.165, 1.54) is 0 Å². The molecular formula is C47H74N4O5S. The maximum Gasteiger partial charge on any atom is 0.246 e. The number of hydrogen-bond acceptors (Lipinski definition) is 5. The summed E-state index contributed by atoms with van der Waals surface area (Å²) in [6, 6.07) is 18.5. The standard InChI is InChI=1S/C40H60N4O5S.C4H8.C3H6/c1-6-49-50(5,31(2)3)30-18-26-41-36(45)25-14-9-15-27-42(4)38(46)34-23-16-28-43(34)39(47)35-24-17-29-44(35)40(48)37(32-19-10-7-11-20-32)33-21-12-8-13-22-33;1-3-4-2;1-3-2/h7-8,10-13,19-22,31,34-35,37H,6,9,14-18,23-30H2,1-5H3,(H,41,45);3-4H,1-2H3;3H,1H2,2H3/b;4-3-;. The summed E-state index contributed by atoms with van der Waals surface area (Å²) in [4.78, 5) is 59.5. The highest BCUT2D eigenvalue weighted by Crippen LogP contribution is 2.50. The largest absolute Gasteiger partial charge is 0.356 e. The number of amides is 4. The topological polar surface area (TPSA) is 99.3 Å². The number of likely N-dealkylation sites (N-methyl/N-ethyl adjacent to an activating group) is 1. The Hall–Kier alpha value is -3.89. The number of likely N-dealkylation sites (tertiary alicyclic amines) is 2. The fourth-order valence-corrected chi connectivity index (χ4v) is 9.37. The second-order valence-electron chi connectivity index (χ2n) is 15.2. The minimum Gasteiger partial charge on any atom is -0.356 e. The van der Waals surface area contributed by atoms with Crippen LogP contribution in [0.4, 0.5) is 0 Å². The average Bonchev–Trinajstić information content (AvgIpc) is 3.91. The van der Waals surface area contributed by atoms with Crippen LogP contribution in [0.25, 0.3) is 0 Å². The van der Waals surface area contributed by atoms with Crippen LogP contribution in [0.5, 0.6) is 0 Å². The van der Waals surface area contributed by atoms with E-state index in [2.05, 4.69) is 32.0 Å². The maximum absolute atomic E-state index is 14.2. The van der Waals surface area contributed by atoms with Crippen LogP contribution in [0, 0.1) is 0 Å². The molecule has 318 valence electrons. The van der Waals surface area contributed by atoms with Crippen molar-refractivity contribution in [1.29, 1.82) is 0 Å². The summed E-state index contributed by atoms with van der Waals surface area (Å²) in [5.41, 5.74) is 1.81. The zero-order valence-electron chi connectivity index (χ0n) is 36.4. The van der Waals surface area contributed by atoms with Gasteiger partial charge in [0.05, 0.1) is 12.5 Å². The Kier molecular flexibility index (Phi) is 23.3. The maximum atomic E-state index is 14.2. The van der Waals surface area contributed by atoms with Gasteiger partial charge in [-0.05, 0) is 90.0 Å². The van der Waals surface area contributed by atoms with Crippen molar-refractivity contribution >= 4 is 33.9 Å². The van der Waals surface area contributed by atoms with Crippen LogP contribution >= 0.6 is 10.3 Å². The van der Waals surface area contributed by atoms with E-state index >= 15 is 0 Å². The first-order chi connectivity index (χ1) is 27.4. The van der Waals surface area contributed by atoms with Gasteiger partial charge in [0.2, 0.25) is 23.6 Å². The third kappa shape index (κ3) is 15.8. The van der Waals surface area contributed by atoms with Crippen molar-refractivity contribution < 1.29 is 23.4 Å². The minimum atomic E-state index is -1.11. The summed E-state index contributed by atoms with van der Waals surface area (Å²) >= 11 is 0. The molecule has 2 heterocycles. The molecule has 3 atom stereocenters. The normalized spacial score (nSPS) is 17.9. The van der Waals surface area contributed by atoms with E-state index in [1.54, 1.807) is 27.8 Å². The first-order valence-electron chi connectivity index (χ1n) is 21.2. The summed E-state index contributed by atoms with van der Waals surface area (Å²) in [5.74, 6) is 0.348.